The van der Waals surface area contributed by atoms with E-state index in [0.717, 1.165) is 72.3 Å². The molecule has 178 valence electrons. The fourth-order valence-corrected chi connectivity index (χ4v) is 5.58. The summed E-state index contributed by atoms with van der Waals surface area (Å²) in [5, 5.41) is 5.60. The maximum absolute atomic E-state index is 13.9. The van der Waals surface area contributed by atoms with Gasteiger partial charge in [-0.1, -0.05) is 36.4 Å². The Kier molecular flexibility index (Phi) is 5.59. The summed E-state index contributed by atoms with van der Waals surface area (Å²) in [5.74, 6) is 1.82. The molecule has 6 nitrogen and oxygen atoms in total. The number of carbonyl (C=O) groups is 1. The van der Waals surface area contributed by atoms with Crippen molar-refractivity contribution in [2.75, 3.05) is 7.05 Å². The molecule has 6 rings (SSSR count). The van der Waals surface area contributed by atoms with Gasteiger partial charge in [-0.2, -0.15) is 9.78 Å². The van der Waals surface area contributed by atoms with E-state index < -0.39 is 0 Å². The zero-order valence-corrected chi connectivity index (χ0v) is 20.4. The average Bonchev–Trinajstić information content (AvgIpc) is 3.72. The summed E-state index contributed by atoms with van der Waals surface area (Å²) in [4.78, 5) is 25.4. The number of nitrogens with zero attached hydrogens (tertiary/aromatic N) is 5. The fourth-order valence-electron chi connectivity index (χ4n) is 5.58. The molecule has 1 aromatic carbocycles. The van der Waals surface area contributed by atoms with E-state index in [2.05, 4.69) is 35.3 Å². The average molecular weight is 466 g/mol. The van der Waals surface area contributed by atoms with Crippen LogP contribution in [0.4, 0.5) is 0 Å². The van der Waals surface area contributed by atoms with E-state index in [1.807, 2.05) is 43.1 Å². The van der Waals surface area contributed by atoms with Gasteiger partial charge < -0.3 is 4.90 Å². The summed E-state index contributed by atoms with van der Waals surface area (Å²) in [6, 6.07) is 18.8. The normalized spacial score (nSPS) is 20.2. The Balaban J connectivity index is 1.32. The van der Waals surface area contributed by atoms with Crippen molar-refractivity contribution in [3.05, 3.63) is 83.3 Å². The van der Waals surface area contributed by atoms with Gasteiger partial charge in [0.15, 0.2) is 11.5 Å². The number of rotatable bonds is 5. The van der Waals surface area contributed by atoms with Gasteiger partial charge in [-0.25, -0.2) is 9.97 Å². The Morgan fingerprint density at radius 3 is 2.34 bits per heavy atom. The van der Waals surface area contributed by atoms with E-state index in [0.29, 0.717) is 11.8 Å². The third-order valence-corrected chi connectivity index (χ3v) is 7.76. The van der Waals surface area contributed by atoms with Crippen LogP contribution in [0.5, 0.6) is 0 Å². The van der Waals surface area contributed by atoms with Gasteiger partial charge in [-0.05, 0) is 75.1 Å². The summed E-state index contributed by atoms with van der Waals surface area (Å²) < 4.78 is 1.79. The number of aryl methyl sites for hydroxylation is 1. The Morgan fingerprint density at radius 1 is 0.943 bits per heavy atom. The summed E-state index contributed by atoms with van der Waals surface area (Å²) in [6.45, 7) is 1.96. The molecule has 2 saturated carbocycles. The van der Waals surface area contributed by atoms with E-state index in [4.69, 9.17) is 10.1 Å². The molecule has 0 aliphatic heterocycles. The second-order valence-corrected chi connectivity index (χ2v) is 10.1. The van der Waals surface area contributed by atoms with E-state index >= 15 is 0 Å². The molecule has 3 heterocycles. The highest BCUT2D eigenvalue weighted by molar-refractivity contribution is 6.06. The van der Waals surface area contributed by atoms with Crippen LogP contribution in [0.15, 0.2) is 60.8 Å². The van der Waals surface area contributed by atoms with E-state index in [1.54, 1.807) is 10.9 Å². The zero-order valence-electron chi connectivity index (χ0n) is 20.4. The number of hydrogen-bond donors (Lipinski definition) is 0. The number of pyridine rings is 2. The summed E-state index contributed by atoms with van der Waals surface area (Å²) in [6.07, 6.45) is 8.29. The fraction of sp³-hybridized carbons (Fsp3) is 0.379. The lowest BCUT2D eigenvalue weighted by atomic mass is 9.81. The van der Waals surface area contributed by atoms with Crippen molar-refractivity contribution in [2.24, 2.45) is 0 Å². The number of amides is 1. The molecule has 0 bridgehead atoms. The summed E-state index contributed by atoms with van der Waals surface area (Å²) >= 11 is 0. The van der Waals surface area contributed by atoms with Crippen LogP contribution in [0.2, 0.25) is 0 Å². The van der Waals surface area contributed by atoms with Gasteiger partial charge in [0.05, 0.1) is 16.6 Å². The van der Waals surface area contributed by atoms with Crippen molar-refractivity contribution < 1.29 is 4.79 Å². The molecule has 0 spiro atoms. The highest BCUT2D eigenvalue weighted by Crippen LogP contribution is 2.41. The lowest BCUT2D eigenvalue weighted by Crippen LogP contribution is -2.39. The maximum atomic E-state index is 13.9. The molecule has 2 aliphatic carbocycles. The predicted octanol–water partition coefficient (Wildman–Crippen LogP) is 5.80. The third kappa shape index (κ3) is 4.11. The standard InChI is InChI=1S/C29H31N5O/c1-19-27-24(29(35)33(2)23-15-13-21(14-16-23)20-8-4-3-5-9-20)18-25(22-11-12-22)31-28(27)34(32-19)26-10-6-7-17-30-26/h3-10,17-18,21-23H,11-16H2,1-2H3. The molecule has 2 aliphatic rings. The Hall–Kier alpha value is -3.54. The Morgan fingerprint density at radius 2 is 1.66 bits per heavy atom. The molecular formula is C29H31N5O. The molecular weight excluding hydrogens is 434 g/mol. The van der Waals surface area contributed by atoms with E-state index in [9.17, 15) is 4.79 Å². The highest BCUT2D eigenvalue weighted by atomic mass is 16.2. The summed E-state index contributed by atoms with van der Waals surface area (Å²) in [7, 11) is 1.97. The molecule has 0 unspecified atom stereocenters. The van der Waals surface area contributed by atoms with Gasteiger partial charge in [-0.3, -0.25) is 4.79 Å². The molecule has 2 fully saturated rings. The largest absolute Gasteiger partial charge is 0.339 e. The highest BCUT2D eigenvalue weighted by Gasteiger charge is 2.32. The third-order valence-electron chi connectivity index (χ3n) is 7.76. The minimum absolute atomic E-state index is 0.0751. The molecule has 0 atom stereocenters. The van der Waals surface area contributed by atoms with Gasteiger partial charge in [0.2, 0.25) is 0 Å². The molecule has 0 N–H and O–H groups in total. The van der Waals surface area contributed by atoms with E-state index in [1.165, 1.54) is 5.56 Å². The van der Waals surface area contributed by atoms with Crippen LogP contribution in [-0.4, -0.2) is 43.6 Å². The van der Waals surface area contributed by atoms with Crippen LogP contribution >= 0.6 is 0 Å². The quantitative estimate of drug-likeness (QED) is 0.374. The smallest absolute Gasteiger partial charge is 0.254 e. The van der Waals surface area contributed by atoms with Crippen LogP contribution in [-0.2, 0) is 0 Å². The van der Waals surface area contributed by atoms with Gasteiger partial charge in [0.1, 0.15) is 0 Å². The van der Waals surface area contributed by atoms with Crippen molar-refractivity contribution in [3.8, 4) is 5.82 Å². The van der Waals surface area contributed by atoms with E-state index in [-0.39, 0.29) is 11.9 Å². The first-order valence-corrected chi connectivity index (χ1v) is 12.7. The molecule has 35 heavy (non-hydrogen) atoms. The zero-order chi connectivity index (χ0) is 23.9. The first-order valence-electron chi connectivity index (χ1n) is 12.7. The Bertz CT molecular complexity index is 1350. The number of carbonyl (C=O) groups excluding carboxylic acids is 1. The number of hydrogen-bond acceptors (Lipinski definition) is 4. The molecule has 0 saturated heterocycles. The van der Waals surface area contributed by atoms with Crippen molar-refractivity contribution in [3.63, 3.8) is 0 Å². The van der Waals surface area contributed by atoms with Crippen LogP contribution in [0.3, 0.4) is 0 Å². The molecule has 1 amide bonds. The van der Waals surface area contributed by atoms with Crippen LogP contribution < -0.4 is 0 Å². The van der Waals surface area contributed by atoms with Crippen molar-refractivity contribution in [2.45, 2.75) is 63.3 Å². The monoisotopic (exact) mass is 465 g/mol. The van der Waals surface area contributed by atoms with Crippen molar-refractivity contribution >= 4 is 16.9 Å². The lowest BCUT2D eigenvalue weighted by molar-refractivity contribution is 0.0691. The van der Waals surface area contributed by atoms with Crippen molar-refractivity contribution in [1.29, 1.82) is 0 Å². The maximum Gasteiger partial charge on any atom is 0.254 e. The van der Waals surface area contributed by atoms with Gasteiger partial charge in [0.25, 0.3) is 5.91 Å². The topological polar surface area (TPSA) is 63.9 Å². The SMILES string of the molecule is Cc1nn(-c2ccccn2)c2nc(C3CC3)cc(C(=O)N(C)C3CCC(c4ccccc4)CC3)c12. The first-order chi connectivity index (χ1) is 17.1. The second-order valence-electron chi connectivity index (χ2n) is 10.1. The number of benzene rings is 1. The van der Waals surface area contributed by atoms with Gasteiger partial charge in [-0.15, -0.1) is 0 Å². The molecule has 4 aromatic rings. The van der Waals surface area contributed by atoms with Gasteiger partial charge in [0, 0.05) is 30.9 Å². The summed E-state index contributed by atoms with van der Waals surface area (Å²) in [5.41, 5.74) is 4.69. The first kappa shape index (κ1) is 22.0. The molecule has 3 aromatic heterocycles. The van der Waals surface area contributed by atoms with Crippen LogP contribution in [0, 0.1) is 6.92 Å². The predicted molar refractivity (Wildman–Crippen MR) is 137 cm³/mol. The lowest BCUT2D eigenvalue weighted by Gasteiger charge is -2.35. The molecule has 0 radical (unpaired) electrons. The van der Waals surface area contributed by atoms with Crippen LogP contribution in [0.25, 0.3) is 16.9 Å². The minimum Gasteiger partial charge on any atom is -0.339 e. The number of fused-ring (bicyclic) bond motifs is 1. The van der Waals surface area contributed by atoms with Gasteiger partial charge >= 0.3 is 0 Å². The van der Waals surface area contributed by atoms with Crippen LogP contribution in [0.1, 0.15) is 77.7 Å². The minimum atomic E-state index is 0.0751. The molecule has 6 heteroatoms. The Labute approximate surface area is 206 Å². The van der Waals surface area contributed by atoms with Crippen molar-refractivity contribution in [1.82, 2.24) is 24.6 Å². The number of aromatic nitrogens is 4. The second kappa shape index (κ2) is 8.91.